The molecule has 0 bridgehead atoms. The number of hydrogen-bond acceptors (Lipinski definition) is 2. The van der Waals surface area contributed by atoms with Gasteiger partial charge >= 0.3 is 5.97 Å². The average Bonchev–Trinajstić information content (AvgIpc) is 2.69. The van der Waals surface area contributed by atoms with Crippen molar-refractivity contribution in [3.8, 4) is 0 Å². The van der Waals surface area contributed by atoms with Crippen LogP contribution in [-0.2, 0) is 9.59 Å². The summed E-state index contributed by atoms with van der Waals surface area (Å²) in [7, 11) is 0. The molecule has 0 aromatic carbocycles. The summed E-state index contributed by atoms with van der Waals surface area (Å²) in [6.45, 7) is 8.31. The first kappa shape index (κ1) is 27.7. The number of allylic oxidation sites excluding steroid dienone is 2. The molecular weight excluding hydrogens is 362 g/mol. The fourth-order valence-corrected chi connectivity index (χ4v) is 3.52. The van der Waals surface area contributed by atoms with Gasteiger partial charge in [0, 0.05) is 6.42 Å². The number of carbonyl (C=O) groups is 2. The van der Waals surface area contributed by atoms with Crippen LogP contribution in [0.1, 0.15) is 124 Å². The van der Waals surface area contributed by atoms with E-state index in [1.807, 2.05) is 13.8 Å². The Labute approximate surface area is 179 Å². The predicted octanol–water partition coefficient (Wildman–Crippen LogP) is 7.03. The van der Waals surface area contributed by atoms with Crippen molar-refractivity contribution in [1.29, 1.82) is 0 Å². The minimum atomic E-state index is -0.937. The minimum absolute atomic E-state index is 0.0474. The zero-order valence-corrected chi connectivity index (χ0v) is 19.6. The Balaban J connectivity index is 3.67. The summed E-state index contributed by atoms with van der Waals surface area (Å²) in [6, 6.07) is -0.765. The number of carbonyl (C=O) groups excluding carboxylic acids is 1. The molecule has 0 aliphatic carbocycles. The number of hydrogen-bond donors (Lipinski definition) is 2. The van der Waals surface area contributed by atoms with Crippen molar-refractivity contribution in [3.05, 3.63) is 11.6 Å². The van der Waals surface area contributed by atoms with Gasteiger partial charge in [0.25, 0.3) is 0 Å². The maximum absolute atomic E-state index is 12.0. The minimum Gasteiger partial charge on any atom is -0.480 e. The Bertz CT molecular complexity index is 459. The third kappa shape index (κ3) is 16.2. The highest BCUT2D eigenvalue weighted by Gasteiger charge is 2.24. The molecule has 0 aliphatic rings. The van der Waals surface area contributed by atoms with Crippen LogP contribution in [0.25, 0.3) is 0 Å². The Morgan fingerprint density at radius 1 is 0.862 bits per heavy atom. The molecule has 0 saturated heterocycles. The van der Waals surface area contributed by atoms with E-state index in [-0.39, 0.29) is 11.8 Å². The molecule has 0 aliphatic heterocycles. The quantitative estimate of drug-likeness (QED) is 0.178. The van der Waals surface area contributed by atoms with Crippen molar-refractivity contribution in [2.45, 2.75) is 130 Å². The second-order valence-corrected chi connectivity index (χ2v) is 8.64. The second-order valence-electron chi connectivity index (χ2n) is 8.64. The molecule has 2 atom stereocenters. The fraction of sp³-hybridized carbons (Fsp3) is 0.840. The van der Waals surface area contributed by atoms with Crippen LogP contribution in [0.3, 0.4) is 0 Å². The van der Waals surface area contributed by atoms with Crippen molar-refractivity contribution >= 4 is 11.9 Å². The zero-order chi connectivity index (χ0) is 21.9. The van der Waals surface area contributed by atoms with Gasteiger partial charge in [-0.3, -0.25) is 4.79 Å². The predicted molar refractivity (Wildman–Crippen MR) is 123 cm³/mol. The van der Waals surface area contributed by atoms with E-state index in [9.17, 15) is 14.7 Å². The molecule has 0 fully saturated rings. The van der Waals surface area contributed by atoms with Crippen LogP contribution in [0.15, 0.2) is 11.6 Å². The van der Waals surface area contributed by atoms with Gasteiger partial charge in [-0.05, 0) is 44.9 Å². The van der Waals surface area contributed by atoms with Crippen LogP contribution in [0.2, 0.25) is 0 Å². The van der Waals surface area contributed by atoms with E-state index in [1.165, 1.54) is 69.8 Å². The van der Waals surface area contributed by atoms with E-state index in [1.54, 1.807) is 0 Å². The van der Waals surface area contributed by atoms with Crippen molar-refractivity contribution in [2.75, 3.05) is 0 Å². The van der Waals surface area contributed by atoms with E-state index in [0.29, 0.717) is 6.42 Å². The summed E-state index contributed by atoms with van der Waals surface area (Å²) < 4.78 is 0. The van der Waals surface area contributed by atoms with Gasteiger partial charge in [0.15, 0.2) is 0 Å². The molecule has 4 heteroatoms. The first-order chi connectivity index (χ1) is 13.9. The first-order valence-electron chi connectivity index (χ1n) is 12.1. The van der Waals surface area contributed by atoms with Gasteiger partial charge in [-0.25, -0.2) is 4.79 Å². The largest absolute Gasteiger partial charge is 0.480 e. The normalized spacial score (nSPS) is 13.9. The van der Waals surface area contributed by atoms with Crippen molar-refractivity contribution in [3.63, 3.8) is 0 Å². The van der Waals surface area contributed by atoms with Crippen molar-refractivity contribution in [2.24, 2.45) is 5.92 Å². The lowest BCUT2D eigenvalue weighted by Gasteiger charge is -2.20. The Hall–Kier alpha value is -1.32. The maximum Gasteiger partial charge on any atom is 0.326 e. The number of amides is 1. The summed E-state index contributed by atoms with van der Waals surface area (Å²) in [4.78, 5) is 23.2. The summed E-state index contributed by atoms with van der Waals surface area (Å²) in [5.41, 5.74) is 1.52. The molecule has 0 radical (unpaired) electrons. The summed E-state index contributed by atoms with van der Waals surface area (Å²) >= 11 is 0. The van der Waals surface area contributed by atoms with E-state index in [4.69, 9.17) is 0 Å². The van der Waals surface area contributed by atoms with Crippen LogP contribution < -0.4 is 5.32 Å². The van der Waals surface area contributed by atoms with Gasteiger partial charge in [0.1, 0.15) is 6.04 Å². The average molecular weight is 410 g/mol. The molecule has 0 saturated carbocycles. The first-order valence-corrected chi connectivity index (χ1v) is 12.1. The lowest BCUT2D eigenvalue weighted by Crippen LogP contribution is -2.44. The highest BCUT2D eigenvalue weighted by Crippen LogP contribution is 2.14. The van der Waals surface area contributed by atoms with Crippen LogP contribution >= 0.6 is 0 Å². The van der Waals surface area contributed by atoms with Crippen LogP contribution in [0.4, 0.5) is 0 Å². The zero-order valence-electron chi connectivity index (χ0n) is 19.6. The van der Waals surface area contributed by atoms with Gasteiger partial charge in [-0.2, -0.15) is 0 Å². The Kier molecular flexibility index (Phi) is 17.8. The Morgan fingerprint density at radius 3 is 2.00 bits per heavy atom. The Morgan fingerprint density at radius 2 is 1.41 bits per heavy atom. The lowest BCUT2D eigenvalue weighted by molar-refractivity contribution is -0.143. The number of carboxylic acid groups (broad SMARTS) is 1. The van der Waals surface area contributed by atoms with E-state index >= 15 is 0 Å². The maximum atomic E-state index is 12.0. The molecule has 29 heavy (non-hydrogen) atoms. The third-order valence-corrected chi connectivity index (χ3v) is 5.82. The number of unbranched alkanes of at least 4 members (excludes halogenated alkanes) is 10. The number of aliphatic carboxylic acids is 1. The smallest absolute Gasteiger partial charge is 0.326 e. The van der Waals surface area contributed by atoms with Crippen molar-refractivity contribution < 1.29 is 14.7 Å². The van der Waals surface area contributed by atoms with Gasteiger partial charge < -0.3 is 10.4 Å². The highest BCUT2D eigenvalue weighted by atomic mass is 16.4. The van der Waals surface area contributed by atoms with Crippen molar-refractivity contribution in [1.82, 2.24) is 5.32 Å². The lowest BCUT2D eigenvalue weighted by atomic mass is 9.99. The van der Waals surface area contributed by atoms with Crippen LogP contribution in [-0.4, -0.2) is 23.0 Å². The molecule has 4 nitrogen and oxygen atoms in total. The summed E-state index contributed by atoms with van der Waals surface area (Å²) in [5.74, 6) is -1.12. The monoisotopic (exact) mass is 409 g/mol. The second kappa shape index (κ2) is 18.7. The number of rotatable bonds is 19. The molecule has 2 unspecified atom stereocenters. The van der Waals surface area contributed by atoms with E-state index in [2.05, 4.69) is 25.2 Å². The molecule has 2 N–H and O–H groups in total. The van der Waals surface area contributed by atoms with Crippen LogP contribution in [0.5, 0.6) is 0 Å². The fourth-order valence-electron chi connectivity index (χ4n) is 3.52. The van der Waals surface area contributed by atoms with Crippen LogP contribution in [0, 0.1) is 5.92 Å². The molecule has 0 aromatic rings. The molecule has 0 aromatic heterocycles. The van der Waals surface area contributed by atoms with Gasteiger partial charge in [0.2, 0.25) is 5.91 Å². The number of carboxylic acids is 1. The molecule has 1 amide bonds. The number of nitrogens with one attached hydrogen (secondary N) is 1. The highest BCUT2D eigenvalue weighted by molar-refractivity contribution is 5.83. The summed E-state index contributed by atoms with van der Waals surface area (Å²) in [5, 5.41) is 11.9. The SMILES string of the molecule is CCCCCCCCC=C(C)CCCCCCCC(=O)NC(C(=O)O)C(C)CC. The third-order valence-electron chi connectivity index (χ3n) is 5.82. The van der Waals surface area contributed by atoms with Gasteiger partial charge in [0.05, 0.1) is 0 Å². The standard InChI is InChI=1S/C25H47NO3/c1-5-7-8-9-10-12-15-18-21(3)19-16-13-11-14-17-20-23(27)26-24(25(28)29)22(4)6-2/h18,22,24H,5-17,19-20H2,1-4H3,(H,26,27)(H,28,29). The molecular formula is C25H47NO3. The van der Waals surface area contributed by atoms with Gasteiger partial charge in [-0.15, -0.1) is 0 Å². The molecule has 0 rings (SSSR count). The van der Waals surface area contributed by atoms with Gasteiger partial charge in [-0.1, -0.05) is 90.2 Å². The van der Waals surface area contributed by atoms with E-state index in [0.717, 1.165) is 25.7 Å². The summed E-state index contributed by atoms with van der Waals surface area (Å²) in [6.07, 6.45) is 19.6. The molecule has 0 spiro atoms. The van der Waals surface area contributed by atoms with E-state index < -0.39 is 12.0 Å². The molecule has 170 valence electrons. The topological polar surface area (TPSA) is 66.4 Å². The molecule has 0 heterocycles.